The van der Waals surface area contributed by atoms with Gasteiger partial charge in [0.2, 0.25) is 5.88 Å². The molecule has 3 rings (SSSR count). The maximum Gasteiger partial charge on any atom is 0.254 e. The molecule has 1 amide bonds. The van der Waals surface area contributed by atoms with E-state index in [0.29, 0.717) is 29.6 Å². The Kier molecular flexibility index (Phi) is 3.52. The highest BCUT2D eigenvalue weighted by molar-refractivity contribution is 6.30. The van der Waals surface area contributed by atoms with E-state index in [1.165, 1.54) is 6.20 Å². The van der Waals surface area contributed by atoms with E-state index in [0.717, 1.165) is 0 Å². The number of nitrogens with zero attached hydrogens (tertiary/aromatic N) is 3. The van der Waals surface area contributed by atoms with Crippen LogP contribution in [0.2, 0.25) is 5.02 Å². The molecule has 1 fully saturated rings. The molecule has 5 nitrogen and oxygen atoms in total. The molecule has 0 atom stereocenters. The standard InChI is InChI=1S/C14H12ClN3O2/c15-11-1-2-13(17-7-11)20-12-8-18(9-12)14(19)10-3-5-16-6-4-10/h1-7,12H,8-9H2. The minimum atomic E-state index is -0.0190. The summed E-state index contributed by atoms with van der Waals surface area (Å²) >= 11 is 5.75. The molecule has 1 saturated heterocycles. The summed E-state index contributed by atoms with van der Waals surface area (Å²) in [6, 6.07) is 6.85. The molecule has 0 N–H and O–H groups in total. The number of hydrogen-bond donors (Lipinski definition) is 0. The molecule has 102 valence electrons. The average molecular weight is 290 g/mol. The van der Waals surface area contributed by atoms with Crippen LogP contribution in [0.25, 0.3) is 0 Å². The van der Waals surface area contributed by atoms with Gasteiger partial charge in [0, 0.05) is 30.2 Å². The molecule has 0 radical (unpaired) electrons. The van der Waals surface area contributed by atoms with Crippen molar-refractivity contribution < 1.29 is 9.53 Å². The molecule has 0 spiro atoms. The number of likely N-dealkylation sites (tertiary alicyclic amines) is 1. The summed E-state index contributed by atoms with van der Waals surface area (Å²) in [7, 11) is 0. The largest absolute Gasteiger partial charge is 0.471 e. The van der Waals surface area contributed by atoms with Crippen molar-refractivity contribution in [3.05, 3.63) is 53.4 Å². The fourth-order valence-electron chi connectivity index (χ4n) is 1.96. The predicted molar refractivity (Wildman–Crippen MR) is 73.8 cm³/mol. The van der Waals surface area contributed by atoms with Crippen LogP contribution >= 0.6 is 11.6 Å². The normalized spacial score (nSPS) is 14.8. The first-order valence-corrected chi connectivity index (χ1v) is 6.58. The number of ether oxygens (including phenoxy) is 1. The first-order chi connectivity index (χ1) is 9.72. The van der Waals surface area contributed by atoms with Gasteiger partial charge in [0.1, 0.15) is 6.10 Å². The van der Waals surface area contributed by atoms with E-state index >= 15 is 0 Å². The smallest absolute Gasteiger partial charge is 0.254 e. The van der Waals surface area contributed by atoms with Gasteiger partial charge >= 0.3 is 0 Å². The van der Waals surface area contributed by atoms with E-state index in [1.54, 1.807) is 41.6 Å². The van der Waals surface area contributed by atoms with Crippen LogP contribution in [0.4, 0.5) is 0 Å². The number of carbonyl (C=O) groups is 1. The van der Waals surface area contributed by atoms with Gasteiger partial charge in [-0.1, -0.05) is 11.6 Å². The monoisotopic (exact) mass is 289 g/mol. The van der Waals surface area contributed by atoms with Crippen molar-refractivity contribution in [3.63, 3.8) is 0 Å². The van der Waals surface area contributed by atoms with Crippen molar-refractivity contribution >= 4 is 17.5 Å². The number of hydrogen-bond acceptors (Lipinski definition) is 4. The maximum absolute atomic E-state index is 12.1. The van der Waals surface area contributed by atoms with Gasteiger partial charge in [-0.2, -0.15) is 0 Å². The average Bonchev–Trinajstić information content (AvgIpc) is 2.45. The van der Waals surface area contributed by atoms with Gasteiger partial charge in [0.25, 0.3) is 5.91 Å². The Morgan fingerprint density at radius 2 is 2.00 bits per heavy atom. The summed E-state index contributed by atoms with van der Waals surface area (Å²) < 4.78 is 5.65. The summed E-state index contributed by atoms with van der Waals surface area (Å²) in [5.74, 6) is 0.520. The van der Waals surface area contributed by atoms with Crippen LogP contribution in [-0.2, 0) is 0 Å². The summed E-state index contributed by atoms with van der Waals surface area (Å²) in [4.78, 5) is 21.8. The van der Waals surface area contributed by atoms with Gasteiger partial charge in [-0.05, 0) is 18.2 Å². The summed E-state index contributed by atoms with van der Waals surface area (Å²) in [6.45, 7) is 1.12. The number of rotatable bonds is 3. The highest BCUT2D eigenvalue weighted by Gasteiger charge is 2.32. The predicted octanol–water partition coefficient (Wildman–Crippen LogP) is 2.03. The Hall–Kier alpha value is -2.14. The first kappa shape index (κ1) is 12.9. The zero-order valence-corrected chi connectivity index (χ0v) is 11.3. The topological polar surface area (TPSA) is 55.3 Å². The van der Waals surface area contributed by atoms with Crippen LogP contribution in [0.15, 0.2) is 42.9 Å². The Morgan fingerprint density at radius 1 is 1.25 bits per heavy atom. The highest BCUT2D eigenvalue weighted by atomic mass is 35.5. The number of halogens is 1. The summed E-state index contributed by atoms with van der Waals surface area (Å²) in [6.07, 6.45) is 4.74. The third-order valence-electron chi connectivity index (χ3n) is 3.05. The lowest BCUT2D eigenvalue weighted by atomic mass is 10.1. The Balaban J connectivity index is 1.54. The van der Waals surface area contributed by atoms with Gasteiger partial charge in [-0.15, -0.1) is 0 Å². The SMILES string of the molecule is O=C(c1ccncc1)N1CC(Oc2ccc(Cl)cn2)C1. The molecule has 1 aliphatic heterocycles. The minimum Gasteiger partial charge on any atom is -0.471 e. The fourth-order valence-corrected chi connectivity index (χ4v) is 2.07. The Bertz CT molecular complexity index is 598. The fraction of sp³-hybridized carbons (Fsp3) is 0.214. The number of pyridine rings is 2. The minimum absolute atomic E-state index is 0.00341. The second kappa shape index (κ2) is 5.46. The molecule has 3 heterocycles. The highest BCUT2D eigenvalue weighted by Crippen LogP contribution is 2.19. The van der Waals surface area contributed by atoms with Gasteiger partial charge in [-0.25, -0.2) is 4.98 Å². The Morgan fingerprint density at radius 3 is 2.65 bits per heavy atom. The van der Waals surface area contributed by atoms with Gasteiger partial charge in [0.05, 0.1) is 18.1 Å². The van der Waals surface area contributed by atoms with E-state index in [2.05, 4.69) is 9.97 Å². The van der Waals surface area contributed by atoms with Gasteiger partial charge in [0.15, 0.2) is 0 Å². The molecule has 0 unspecified atom stereocenters. The van der Waals surface area contributed by atoms with Crippen molar-refractivity contribution in [3.8, 4) is 5.88 Å². The lowest BCUT2D eigenvalue weighted by Gasteiger charge is -2.38. The number of aromatic nitrogens is 2. The van der Waals surface area contributed by atoms with E-state index < -0.39 is 0 Å². The van der Waals surface area contributed by atoms with Gasteiger partial charge < -0.3 is 9.64 Å². The van der Waals surface area contributed by atoms with Crippen molar-refractivity contribution in [2.75, 3.05) is 13.1 Å². The van der Waals surface area contributed by atoms with Crippen molar-refractivity contribution in [1.82, 2.24) is 14.9 Å². The molecule has 0 saturated carbocycles. The first-order valence-electron chi connectivity index (χ1n) is 6.20. The summed E-state index contributed by atoms with van der Waals surface area (Å²) in [5, 5.41) is 0.570. The van der Waals surface area contributed by atoms with E-state index in [4.69, 9.17) is 16.3 Å². The molecule has 0 aromatic carbocycles. The van der Waals surface area contributed by atoms with Crippen LogP contribution in [0.1, 0.15) is 10.4 Å². The molecular weight excluding hydrogens is 278 g/mol. The van der Waals surface area contributed by atoms with Gasteiger partial charge in [-0.3, -0.25) is 9.78 Å². The molecule has 6 heteroatoms. The third-order valence-corrected chi connectivity index (χ3v) is 3.27. The molecule has 2 aromatic rings. The van der Waals surface area contributed by atoms with E-state index in [1.807, 2.05) is 0 Å². The van der Waals surface area contributed by atoms with Crippen LogP contribution in [0.3, 0.4) is 0 Å². The summed E-state index contributed by atoms with van der Waals surface area (Å²) in [5.41, 5.74) is 0.642. The zero-order valence-electron chi connectivity index (χ0n) is 10.6. The second-order valence-corrected chi connectivity index (χ2v) is 4.94. The van der Waals surface area contributed by atoms with Crippen LogP contribution in [0.5, 0.6) is 5.88 Å². The van der Waals surface area contributed by atoms with Crippen LogP contribution < -0.4 is 4.74 Å². The van der Waals surface area contributed by atoms with Crippen molar-refractivity contribution in [2.45, 2.75) is 6.10 Å². The molecule has 0 aliphatic carbocycles. The molecule has 2 aromatic heterocycles. The van der Waals surface area contributed by atoms with Crippen molar-refractivity contribution in [1.29, 1.82) is 0 Å². The Labute approximate surface area is 121 Å². The molecule has 20 heavy (non-hydrogen) atoms. The maximum atomic E-state index is 12.1. The van der Waals surface area contributed by atoms with Crippen LogP contribution in [0, 0.1) is 0 Å². The van der Waals surface area contributed by atoms with Crippen molar-refractivity contribution in [2.24, 2.45) is 0 Å². The lowest BCUT2D eigenvalue weighted by Crippen LogP contribution is -2.56. The number of amides is 1. The molecule has 1 aliphatic rings. The molecular formula is C14H12ClN3O2. The molecule has 0 bridgehead atoms. The zero-order chi connectivity index (χ0) is 13.9. The van der Waals surface area contributed by atoms with Crippen LogP contribution in [-0.4, -0.2) is 40.0 Å². The van der Waals surface area contributed by atoms with E-state index in [-0.39, 0.29) is 12.0 Å². The second-order valence-electron chi connectivity index (χ2n) is 4.50. The quantitative estimate of drug-likeness (QED) is 0.867. The van der Waals surface area contributed by atoms with E-state index in [9.17, 15) is 4.79 Å². The third kappa shape index (κ3) is 2.72. The lowest BCUT2D eigenvalue weighted by molar-refractivity contribution is 0.0160. The number of carbonyl (C=O) groups excluding carboxylic acids is 1.